The number of aliphatic hydroxyl groups excluding tert-OH is 1. The van der Waals surface area contributed by atoms with Gasteiger partial charge < -0.3 is 15.2 Å². The SMILES string of the molecule is CSCCNCC(O)COc1ccc(Cl)cc1. The van der Waals surface area contributed by atoms with Crippen molar-refractivity contribution in [1.29, 1.82) is 0 Å². The van der Waals surface area contributed by atoms with Gasteiger partial charge in [-0.1, -0.05) is 11.6 Å². The lowest BCUT2D eigenvalue weighted by Gasteiger charge is -2.13. The van der Waals surface area contributed by atoms with Crippen molar-refractivity contribution >= 4 is 23.4 Å². The smallest absolute Gasteiger partial charge is 0.119 e. The first-order valence-electron chi connectivity index (χ1n) is 5.48. The van der Waals surface area contributed by atoms with E-state index in [1.54, 1.807) is 36.0 Å². The monoisotopic (exact) mass is 275 g/mol. The summed E-state index contributed by atoms with van der Waals surface area (Å²) in [5.74, 6) is 1.77. The molecule has 3 nitrogen and oxygen atoms in total. The Hall–Kier alpha value is -0.420. The van der Waals surface area contributed by atoms with Crippen molar-refractivity contribution in [3.8, 4) is 5.75 Å². The second-order valence-corrected chi connectivity index (χ2v) is 5.04. The van der Waals surface area contributed by atoms with Gasteiger partial charge in [-0.2, -0.15) is 11.8 Å². The molecule has 0 saturated carbocycles. The van der Waals surface area contributed by atoms with Crippen LogP contribution in [0.2, 0.25) is 5.02 Å². The van der Waals surface area contributed by atoms with E-state index in [1.807, 2.05) is 0 Å². The van der Waals surface area contributed by atoms with Crippen LogP contribution in [0.4, 0.5) is 0 Å². The molecule has 0 fully saturated rings. The Morgan fingerprint density at radius 1 is 1.41 bits per heavy atom. The van der Waals surface area contributed by atoms with Gasteiger partial charge >= 0.3 is 0 Å². The number of hydrogen-bond acceptors (Lipinski definition) is 4. The fourth-order valence-electron chi connectivity index (χ4n) is 1.23. The van der Waals surface area contributed by atoms with Crippen LogP contribution in [0.1, 0.15) is 0 Å². The molecule has 0 aromatic heterocycles. The lowest BCUT2D eigenvalue weighted by molar-refractivity contribution is 0.107. The number of benzene rings is 1. The maximum Gasteiger partial charge on any atom is 0.119 e. The zero-order chi connectivity index (χ0) is 12.5. The molecule has 17 heavy (non-hydrogen) atoms. The van der Waals surface area contributed by atoms with Crippen LogP contribution in [0.15, 0.2) is 24.3 Å². The highest BCUT2D eigenvalue weighted by atomic mass is 35.5. The van der Waals surface area contributed by atoms with Crippen molar-refractivity contribution in [2.75, 3.05) is 31.7 Å². The third-order valence-corrected chi connectivity index (χ3v) is 2.98. The molecule has 5 heteroatoms. The molecule has 0 aliphatic carbocycles. The summed E-state index contributed by atoms with van der Waals surface area (Å²) in [6.45, 7) is 1.74. The molecule has 1 aromatic carbocycles. The molecule has 1 atom stereocenters. The average Bonchev–Trinajstić information content (AvgIpc) is 2.34. The van der Waals surface area contributed by atoms with E-state index < -0.39 is 6.10 Å². The molecule has 0 aliphatic rings. The molecule has 0 amide bonds. The number of aliphatic hydroxyl groups is 1. The highest BCUT2D eigenvalue weighted by Gasteiger charge is 2.04. The molecule has 0 heterocycles. The molecular weight excluding hydrogens is 258 g/mol. The zero-order valence-corrected chi connectivity index (χ0v) is 11.4. The van der Waals surface area contributed by atoms with E-state index in [9.17, 15) is 5.11 Å². The van der Waals surface area contributed by atoms with Crippen molar-refractivity contribution in [3.63, 3.8) is 0 Å². The van der Waals surface area contributed by atoms with Crippen molar-refractivity contribution in [3.05, 3.63) is 29.3 Å². The van der Waals surface area contributed by atoms with Gasteiger partial charge in [-0.05, 0) is 30.5 Å². The van der Waals surface area contributed by atoms with Crippen LogP contribution in [0, 0.1) is 0 Å². The summed E-state index contributed by atoms with van der Waals surface area (Å²) < 4.78 is 5.43. The van der Waals surface area contributed by atoms with Crippen LogP contribution < -0.4 is 10.1 Å². The van der Waals surface area contributed by atoms with Gasteiger partial charge in [0.05, 0.1) is 0 Å². The van der Waals surface area contributed by atoms with Gasteiger partial charge in [0.2, 0.25) is 0 Å². The highest BCUT2D eigenvalue weighted by Crippen LogP contribution is 2.15. The molecule has 0 spiro atoms. The minimum absolute atomic E-state index is 0.286. The van der Waals surface area contributed by atoms with Crippen molar-refractivity contribution in [2.45, 2.75) is 6.10 Å². The minimum Gasteiger partial charge on any atom is -0.491 e. The molecule has 1 aromatic rings. The largest absolute Gasteiger partial charge is 0.491 e. The van der Waals surface area contributed by atoms with Gasteiger partial charge in [0.15, 0.2) is 0 Å². The van der Waals surface area contributed by atoms with Gasteiger partial charge in [0, 0.05) is 23.9 Å². The lowest BCUT2D eigenvalue weighted by Crippen LogP contribution is -2.32. The Morgan fingerprint density at radius 2 is 2.12 bits per heavy atom. The van der Waals surface area contributed by atoms with Crippen LogP contribution in [0.25, 0.3) is 0 Å². The fourth-order valence-corrected chi connectivity index (χ4v) is 1.70. The molecule has 1 unspecified atom stereocenters. The Balaban J connectivity index is 2.14. The molecular formula is C12H18ClNO2S. The number of rotatable bonds is 8. The van der Waals surface area contributed by atoms with Crippen molar-refractivity contribution < 1.29 is 9.84 Å². The van der Waals surface area contributed by atoms with Crippen LogP contribution in [0.5, 0.6) is 5.75 Å². The van der Waals surface area contributed by atoms with E-state index in [-0.39, 0.29) is 6.61 Å². The molecule has 1 rings (SSSR count). The predicted octanol–water partition coefficient (Wildman–Crippen LogP) is 2.03. The van der Waals surface area contributed by atoms with E-state index in [2.05, 4.69) is 11.6 Å². The standard InChI is InChI=1S/C12H18ClNO2S/c1-17-7-6-14-8-11(15)9-16-12-4-2-10(13)3-5-12/h2-5,11,14-15H,6-9H2,1H3. The Morgan fingerprint density at radius 3 is 2.76 bits per heavy atom. The van der Waals surface area contributed by atoms with E-state index >= 15 is 0 Å². The quantitative estimate of drug-likeness (QED) is 0.713. The summed E-state index contributed by atoms with van der Waals surface area (Å²) in [6, 6.07) is 7.10. The number of nitrogens with one attached hydrogen (secondary N) is 1. The first-order valence-corrected chi connectivity index (χ1v) is 7.25. The summed E-state index contributed by atoms with van der Waals surface area (Å²) in [7, 11) is 0. The van der Waals surface area contributed by atoms with E-state index in [1.165, 1.54) is 0 Å². The van der Waals surface area contributed by atoms with Gasteiger partial charge in [-0.3, -0.25) is 0 Å². The van der Waals surface area contributed by atoms with Crippen molar-refractivity contribution in [2.24, 2.45) is 0 Å². The van der Waals surface area contributed by atoms with Crippen LogP contribution >= 0.6 is 23.4 Å². The number of ether oxygens (including phenoxy) is 1. The third-order valence-electron chi connectivity index (χ3n) is 2.12. The summed E-state index contributed by atoms with van der Waals surface area (Å²) in [5, 5.41) is 13.5. The van der Waals surface area contributed by atoms with Gasteiger partial charge in [-0.25, -0.2) is 0 Å². The second kappa shape index (κ2) is 8.64. The third kappa shape index (κ3) is 6.78. The first kappa shape index (κ1) is 14.6. The lowest BCUT2D eigenvalue weighted by atomic mass is 10.3. The van der Waals surface area contributed by atoms with Crippen LogP contribution in [-0.4, -0.2) is 42.9 Å². The van der Waals surface area contributed by atoms with Crippen molar-refractivity contribution in [1.82, 2.24) is 5.32 Å². The summed E-state index contributed by atoms with van der Waals surface area (Å²) in [6.07, 6.45) is 1.56. The molecule has 0 aliphatic heterocycles. The van der Waals surface area contributed by atoms with Crippen LogP contribution in [-0.2, 0) is 0 Å². The Bertz CT molecular complexity index is 308. The summed E-state index contributed by atoms with van der Waals surface area (Å²) >= 11 is 7.53. The average molecular weight is 276 g/mol. The summed E-state index contributed by atoms with van der Waals surface area (Å²) in [4.78, 5) is 0. The van der Waals surface area contributed by atoms with E-state index in [4.69, 9.17) is 16.3 Å². The zero-order valence-electron chi connectivity index (χ0n) is 9.86. The maximum absolute atomic E-state index is 9.64. The van der Waals surface area contributed by atoms with Crippen LogP contribution in [0.3, 0.4) is 0 Å². The number of thioether (sulfide) groups is 1. The normalized spacial score (nSPS) is 12.4. The highest BCUT2D eigenvalue weighted by molar-refractivity contribution is 7.98. The number of halogens is 1. The molecule has 0 radical (unpaired) electrons. The Kier molecular flexibility index (Phi) is 7.44. The molecule has 96 valence electrons. The fraction of sp³-hybridized carbons (Fsp3) is 0.500. The summed E-state index contributed by atoms with van der Waals surface area (Å²) in [5.41, 5.74) is 0. The second-order valence-electron chi connectivity index (χ2n) is 3.62. The maximum atomic E-state index is 9.64. The number of hydrogen-bond donors (Lipinski definition) is 2. The van der Waals surface area contributed by atoms with E-state index in [0.29, 0.717) is 11.6 Å². The molecule has 0 bridgehead atoms. The minimum atomic E-state index is -0.493. The van der Waals surface area contributed by atoms with Gasteiger partial charge in [-0.15, -0.1) is 0 Å². The van der Waals surface area contributed by atoms with E-state index in [0.717, 1.165) is 18.0 Å². The predicted molar refractivity (Wildman–Crippen MR) is 74.2 cm³/mol. The molecule has 0 saturated heterocycles. The topological polar surface area (TPSA) is 41.5 Å². The van der Waals surface area contributed by atoms with Gasteiger partial charge in [0.1, 0.15) is 18.5 Å². The Labute approximate surface area is 112 Å². The first-order chi connectivity index (χ1) is 8.22. The van der Waals surface area contributed by atoms with Gasteiger partial charge in [0.25, 0.3) is 0 Å². The molecule has 2 N–H and O–H groups in total.